The minimum absolute atomic E-state index is 0.107. The Balaban J connectivity index is 1.51. The van der Waals surface area contributed by atoms with Crippen LogP contribution in [-0.2, 0) is 6.54 Å². The molecule has 1 fully saturated rings. The monoisotopic (exact) mass is 507 g/mol. The first-order valence-electron chi connectivity index (χ1n) is 10.5. The normalized spacial score (nSPS) is 13.6. The Morgan fingerprint density at radius 1 is 1.09 bits per heavy atom. The second kappa shape index (κ2) is 8.92. The number of aryl methyl sites for hydroxylation is 1. The van der Waals surface area contributed by atoms with Gasteiger partial charge in [-0.1, -0.05) is 23.2 Å². The van der Waals surface area contributed by atoms with E-state index in [-0.39, 0.29) is 28.2 Å². The Bertz CT molecular complexity index is 1350. The molecule has 4 aromatic rings. The van der Waals surface area contributed by atoms with Crippen molar-refractivity contribution in [1.82, 2.24) is 29.5 Å². The predicted octanol–water partition coefficient (Wildman–Crippen LogP) is 6.37. The summed E-state index contributed by atoms with van der Waals surface area (Å²) < 4.78 is 43.4. The van der Waals surface area contributed by atoms with E-state index in [1.807, 2.05) is 0 Å². The number of benzene rings is 1. The summed E-state index contributed by atoms with van der Waals surface area (Å²) in [5.74, 6) is 0.870. The van der Waals surface area contributed by atoms with Gasteiger partial charge in [-0.15, -0.1) is 0 Å². The molecule has 1 aliphatic rings. The van der Waals surface area contributed by atoms with E-state index < -0.39 is 12.1 Å². The number of rotatable bonds is 7. The van der Waals surface area contributed by atoms with E-state index >= 15 is 0 Å². The van der Waals surface area contributed by atoms with Crippen molar-refractivity contribution in [2.45, 2.75) is 32.7 Å². The van der Waals surface area contributed by atoms with Crippen molar-refractivity contribution in [2.24, 2.45) is 5.92 Å². The highest BCUT2D eigenvalue weighted by molar-refractivity contribution is 6.35. The zero-order valence-corrected chi connectivity index (χ0v) is 19.3. The van der Waals surface area contributed by atoms with Gasteiger partial charge in [0.05, 0.1) is 16.4 Å². The molecule has 0 amide bonds. The Hall–Kier alpha value is -3.11. The van der Waals surface area contributed by atoms with Crippen LogP contribution < -0.4 is 5.32 Å². The van der Waals surface area contributed by atoms with E-state index in [1.165, 1.54) is 31.5 Å². The molecular formula is C22H18Cl2F3N7. The van der Waals surface area contributed by atoms with Crippen LogP contribution in [0.5, 0.6) is 0 Å². The number of halogens is 5. The average molecular weight is 508 g/mol. The molecule has 1 aromatic carbocycles. The number of nitrogens with one attached hydrogen (secondary N) is 1. The van der Waals surface area contributed by atoms with Gasteiger partial charge in [-0.3, -0.25) is 4.68 Å². The Labute approximate surface area is 202 Å². The lowest BCUT2D eigenvalue weighted by Crippen LogP contribution is -2.07. The zero-order valence-electron chi connectivity index (χ0n) is 17.8. The van der Waals surface area contributed by atoms with E-state index in [9.17, 15) is 13.2 Å². The number of aromatic nitrogens is 6. The maximum atomic E-state index is 13.6. The number of hydrogen-bond acceptors (Lipinski definition) is 5. The summed E-state index contributed by atoms with van der Waals surface area (Å²) in [5.41, 5.74) is 1.18. The summed E-state index contributed by atoms with van der Waals surface area (Å²) in [6.07, 6.45) is 0.590. The Kier molecular flexibility index (Phi) is 5.95. The number of hydrogen-bond donors (Lipinski definition) is 1. The van der Waals surface area contributed by atoms with E-state index in [0.717, 1.165) is 23.1 Å². The second-order valence-electron chi connectivity index (χ2n) is 8.03. The van der Waals surface area contributed by atoms with Crippen LogP contribution in [0.15, 0.2) is 36.7 Å². The topological polar surface area (TPSA) is 73.5 Å². The van der Waals surface area contributed by atoms with Crippen LogP contribution in [-0.4, -0.2) is 29.5 Å². The summed E-state index contributed by atoms with van der Waals surface area (Å²) in [7, 11) is 0. The van der Waals surface area contributed by atoms with Gasteiger partial charge >= 0.3 is 0 Å². The number of anilines is 2. The number of nitrogens with zero attached hydrogens (tertiary/aromatic N) is 6. The lowest BCUT2D eigenvalue weighted by molar-refractivity contribution is 0.142. The van der Waals surface area contributed by atoms with Crippen LogP contribution in [0.3, 0.4) is 0 Å². The van der Waals surface area contributed by atoms with Crippen LogP contribution in [0.25, 0.3) is 17.1 Å². The smallest absolute Gasteiger partial charge is 0.282 e. The van der Waals surface area contributed by atoms with Gasteiger partial charge in [0.15, 0.2) is 11.6 Å². The molecule has 0 bridgehead atoms. The van der Waals surface area contributed by atoms with Crippen molar-refractivity contribution in [3.8, 4) is 17.1 Å². The highest BCUT2D eigenvalue weighted by Crippen LogP contribution is 2.39. The largest absolute Gasteiger partial charge is 0.322 e. The van der Waals surface area contributed by atoms with Gasteiger partial charge in [0, 0.05) is 18.2 Å². The van der Waals surface area contributed by atoms with Crippen LogP contribution in [0, 0.1) is 18.7 Å². The molecule has 34 heavy (non-hydrogen) atoms. The number of alkyl halides is 2. The van der Waals surface area contributed by atoms with Gasteiger partial charge in [0.25, 0.3) is 6.43 Å². The first-order valence-corrected chi connectivity index (χ1v) is 11.2. The van der Waals surface area contributed by atoms with Gasteiger partial charge in [-0.05, 0) is 49.9 Å². The first kappa shape index (κ1) is 22.7. The van der Waals surface area contributed by atoms with E-state index in [1.54, 1.807) is 16.8 Å². The summed E-state index contributed by atoms with van der Waals surface area (Å²) in [4.78, 5) is 8.22. The molecule has 0 radical (unpaired) electrons. The summed E-state index contributed by atoms with van der Waals surface area (Å²) in [5, 5.41) is 11.9. The molecule has 0 unspecified atom stereocenters. The quantitative estimate of drug-likeness (QED) is 0.314. The first-order chi connectivity index (χ1) is 16.3. The van der Waals surface area contributed by atoms with Crippen molar-refractivity contribution in [2.75, 3.05) is 5.32 Å². The van der Waals surface area contributed by atoms with E-state index in [0.29, 0.717) is 29.0 Å². The summed E-state index contributed by atoms with van der Waals surface area (Å²) >= 11 is 12.7. The highest BCUT2D eigenvalue weighted by atomic mass is 35.5. The average Bonchev–Trinajstić information content (AvgIpc) is 3.50. The molecule has 3 heterocycles. The van der Waals surface area contributed by atoms with Crippen molar-refractivity contribution >= 4 is 34.8 Å². The fourth-order valence-corrected chi connectivity index (χ4v) is 4.11. The maximum Gasteiger partial charge on any atom is 0.282 e. The van der Waals surface area contributed by atoms with Crippen LogP contribution in [0.4, 0.5) is 24.8 Å². The van der Waals surface area contributed by atoms with Crippen LogP contribution in [0.2, 0.25) is 10.0 Å². The van der Waals surface area contributed by atoms with Crippen molar-refractivity contribution < 1.29 is 13.2 Å². The molecule has 5 rings (SSSR count). The third-order valence-electron chi connectivity index (χ3n) is 5.48. The minimum atomic E-state index is -2.84. The molecule has 0 aliphatic heterocycles. The maximum absolute atomic E-state index is 13.6. The SMILES string of the molecule is Cc1nn(-c2cc(Nc3nn(CC4CC4)c(-c4ccc(F)cc4)c3Cl)ncn2)c(C(F)F)c1Cl. The zero-order chi connectivity index (χ0) is 24.0. The molecule has 0 saturated heterocycles. The van der Waals surface area contributed by atoms with Crippen molar-refractivity contribution in [1.29, 1.82) is 0 Å². The molecular weight excluding hydrogens is 490 g/mol. The third-order valence-corrected chi connectivity index (χ3v) is 6.31. The summed E-state index contributed by atoms with van der Waals surface area (Å²) in [6, 6.07) is 7.46. The van der Waals surface area contributed by atoms with Gasteiger partial charge in [-0.25, -0.2) is 27.8 Å². The molecule has 12 heteroatoms. The van der Waals surface area contributed by atoms with E-state index in [2.05, 4.69) is 25.5 Å². The lowest BCUT2D eigenvalue weighted by Gasteiger charge is -2.08. The van der Waals surface area contributed by atoms with Gasteiger partial charge in [0.2, 0.25) is 0 Å². The molecule has 1 N–H and O–H groups in total. The molecule has 3 aromatic heterocycles. The molecule has 1 saturated carbocycles. The van der Waals surface area contributed by atoms with Gasteiger partial charge in [0.1, 0.15) is 28.7 Å². The molecule has 0 spiro atoms. The minimum Gasteiger partial charge on any atom is -0.322 e. The predicted molar refractivity (Wildman–Crippen MR) is 122 cm³/mol. The fourth-order valence-electron chi connectivity index (χ4n) is 3.62. The molecule has 1 aliphatic carbocycles. The Morgan fingerprint density at radius 2 is 1.82 bits per heavy atom. The highest BCUT2D eigenvalue weighted by Gasteiger charge is 2.27. The third kappa shape index (κ3) is 4.35. The van der Waals surface area contributed by atoms with Gasteiger partial charge in [-0.2, -0.15) is 10.2 Å². The standard InChI is InChI=1S/C22H18Cl2F3N7/c1-11-17(23)20(21(26)27)34(31-11)16-8-15(28-10-29-16)30-22-18(24)19(13-4-6-14(25)7-5-13)33(32-22)9-12-2-3-12/h4-8,10,12,21H,2-3,9H2,1H3,(H,28,29,30,32). The molecule has 7 nitrogen and oxygen atoms in total. The summed E-state index contributed by atoms with van der Waals surface area (Å²) in [6.45, 7) is 2.21. The van der Waals surface area contributed by atoms with Crippen molar-refractivity contribution in [3.63, 3.8) is 0 Å². The van der Waals surface area contributed by atoms with Gasteiger partial charge < -0.3 is 5.32 Å². The van der Waals surface area contributed by atoms with Crippen LogP contribution in [0.1, 0.15) is 30.7 Å². The fraction of sp³-hybridized carbons (Fsp3) is 0.273. The van der Waals surface area contributed by atoms with Crippen molar-refractivity contribution in [3.05, 3.63) is 63.9 Å². The molecule has 176 valence electrons. The second-order valence-corrected chi connectivity index (χ2v) is 8.78. The lowest BCUT2D eigenvalue weighted by atomic mass is 10.1. The Morgan fingerprint density at radius 3 is 2.50 bits per heavy atom. The van der Waals surface area contributed by atoms with Crippen LogP contribution >= 0.6 is 23.2 Å². The van der Waals surface area contributed by atoms with E-state index in [4.69, 9.17) is 23.2 Å². The molecule has 0 atom stereocenters.